The highest BCUT2D eigenvalue weighted by atomic mass is 16.5. The summed E-state index contributed by atoms with van der Waals surface area (Å²) in [5, 5.41) is 7.40. The first-order valence-corrected chi connectivity index (χ1v) is 5.52. The Kier molecular flexibility index (Phi) is 3.04. The first-order chi connectivity index (χ1) is 8.15. The lowest BCUT2D eigenvalue weighted by Crippen LogP contribution is -1.97. The molecule has 4 nitrogen and oxygen atoms in total. The van der Waals surface area contributed by atoms with E-state index in [2.05, 4.69) is 23.4 Å². The summed E-state index contributed by atoms with van der Waals surface area (Å²) in [4.78, 5) is 0. The molecule has 2 aromatic rings. The molecule has 0 aliphatic heterocycles. The first kappa shape index (κ1) is 11.5. The molecule has 0 spiro atoms. The second-order valence-corrected chi connectivity index (χ2v) is 3.99. The van der Waals surface area contributed by atoms with E-state index in [-0.39, 0.29) is 0 Å². The van der Waals surface area contributed by atoms with E-state index in [1.54, 1.807) is 7.11 Å². The van der Waals surface area contributed by atoms with Crippen LogP contribution in [0.1, 0.15) is 5.56 Å². The van der Waals surface area contributed by atoms with Gasteiger partial charge in [0.25, 0.3) is 0 Å². The van der Waals surface area contributed by atoms with Crippen LogP contribution in [0.25, 0.3) is 11.3 Å². The molecule has 4 heteroatoms. The van der Waals surface area contributed by atoms with Crippen molar-refractivity contribution in [2.75, 3.05) is 19.5 Å². The van der Waals surface area contributed by atoms with E-state index < -0.39 is 0 Å². The summed E-state index contributed by atoms with van der Waals surface area (Å²) in [6, 6.07) is 8.14. The second kappa shape index (κ2) is 4.49. The van der Waals surface area contributed by atoms with Gasteiger partial charge < -0.3 is 10.1 Å². The Balaban J connectivity index is 2.58. The van der Waals surface area contributed by atoms with Crippen molar-refractivity contribution >= 4 is 5.82 Å². The lowest BCUT2D eigenvalue weighted by atomic mass is 10.1. The Morgan fingerprint density at radius 1 is 1.29 bits per heavy atom. The van der Waals surface area contributed by atoms with Crippen molar-refractivity contribution in [3.8, 4) is 17.0 Å². The molecule has 0 radical (unpaired) electrons. The van der Waals surface area contributed by atoms with Crippen LogP contribution in [0.5, 0.6) is 5.75 Å². The normalized spacial score (nSPS) is 10.4. The predicted molar refractivity (Wildman–Crippen MR) is 69.5 cm³/mol. The minimum Gasteiger partial charge on any atom is -0.496 e. The molecule has 0 fully saturated rings. The third kappa shape index (κ3) is 2.11. The molecular formula is C13H17N3O. The summed E-state index contributed by atoms with van der Waals surface area (Å²) in [5.41, 5.74) is 3.30. The number of ether oxygens (including phenoxy) is 1. The number of aromatic nitrogens is 2. The largest absolute Gasteiger partial charge is 0.496 e. The number of rotatable bonds is 3. The first-order valence-electron chi connectivity index (χ1n) is 5.52. The van der Waals surface area contributed by atoms with Crippen LogP contribution in [-0.4, -0.2) is 23.9 Å². The van der Waals surface area contributed by atoms with E-state index in [9.17, 15) is 0 Å². The molecule has 0 saturated heterocycles. The van der Waals surface area contributed by atoms with Gasteiger partial charge in [0.1, 0.15) is 11.6 Å². The Morgan fingerprint density at radius 3 is 2.65 bits per heavy atom. The summed E-state index contributed by atoms with van der Waals surface area (Å²) >= 11 is 0. The fourth-order valence-corrected chi connectivity index (χ4v) is 1.86. The van der Waals surface area contributed by atoms with Crippen molar-refractivity contribution in [3.63, 3.8) is 0 Å². The van der Waals surface area contributed by atoms with E-state index in [1.165, 1.54) is 5.56 Å². The summed E-state index contributed by atoms with van der Waals surface area (Å²) in [6.07, 6.45) is 0. The van der Waals surface area contributed by atoms with Gasteiger partial charge in [-0.25, -0.2) is 0 Å². The maximum absolute atomic E-state index is 5.39. The molecule has 1 aromatic heterocycles. The Bertz CT molecular complexity index is 531. The van der Waals surface area contributed by atoms with Gasteiger partial charge in [0.2, 0.25) is 0 Å². The zero-order valence-electron chi connectivity index (χ0n) is 10.6. The molecule has 0 amide bonds. The van der Waals surface area contributed by atoms with Gasteiger partial charge in [-0.05, 0) is 19.1 Å². The average molecular weight is 231 g/mol. The standard InChI is InChI=1S/C13H17N3O/c1-9-5-6-12(17-4)10(7-9)11-8-13(14-2)15-16(11)3/h5-8H,1-4H3,(H,14,15). The smallest absolute Gasteiger partial charge is 0.148 e. The molecule has 1 heterocycles. The monoisotopic (exact) mass is 231 g/mol. The number of hydrogen-bond acceptors (Lipinski definition) is 3. The van der Waals surface area contributed by atoms with Crippen LogP contribution in [0.15, 0.2) is 24.3 Å². The van der Waals surface area contributed by atoms with Gasteiger partial charge in [-0.2, -0.15) is 5.10 Å². The van der Waals surface area contributed by atoms with Crippen LogP contribution in [0.3, 0.4) is 0 Å². The van der Waals surface area contributed by atoms with Crippen molar-refractivity contribution in [1.82, 2.24) is 9.78 Å². The summed E-state index contributed by atoms with van der Waals surface area (Å²) in [7, 11) is 5.47. The molecule has 0 unspecified atom stereocenters. The zero-order chi connectivity index (χ0) is 12.4. The second-order valence-electron chi connectivity index (χ2n) is 3.99. The lowest BCUT2D eigenvalue weighted by Gasteiger charge is -2.09. The molecule has 17 heavy (non-hydrogen) atoms. The van der Waals surface area contributed by atoms with Gasteiger partial charge in [-0.3, -0.25) is 4.68 Å². The molecular weight excluding hydrogens is 214 g/mol. The number of anilines is 1. The molecule has 0 aliphatic carbocycles. The van der Waals surface area contributed by atoms with Gasteiger partial charge in [0.05, 0.1) is 12.8 Å². The number of nitrogens with zero attached hydrogens (tertiary/aromatic N) is 2. The maximum atomic E-state index is 5.39. The number of benzene rings is 1. The summed E-state index contributed by atoms with van der Waals surface area (Å²) in [5.74, 6) is 1.72. The lowest BCUT2D eigenvalue weighted by molar-refractivity contribution is 0.416. The van der Waals surface area contributed by atoms with Crippen LogP contribution in [-0.2, 0) is 7.05 Å². The van der Waals surface area contributed by atoms with Gasteiger partial charge in [0.15, 0.2) is 0 Å². The van der Waals surface area contributed by atoms with E-state index in [4.69, 9.17) is 4.74 Å². The number of aryl methyl sites for hydroxylation is 2. The summed E-state index contributed by atoms with van der Waals surface area (Å²) in [6.45, 7) is 2.07. The van der Waals surface area contributed by atoms with Crippen LogP contribution < -0.4 is 10.1 Å². The van der Waals surface area contributed by atoms with Crippen molar-refractivity contribution in [2.45, 2.75) is 6.92 Å². The molecule has 1 N–H and O–H groups in total. The van der Waals surface area contributed by atoms with Crippen LogP contribution in [0.2, 0.25) is 0 Å². The molecule has 90 valence electrons. The van der Waals surface area contributed by atoms with Crippen LogP contribution >= 0.6 is 0 Å². The Labute approximate surface area is 101 Å². The van der Waals surface area contributed by atoms with Crippen molar-refractivity contribution in [3.05, 3.63) is 29.8 Å². The molecule has 0 aliphatic rings. The minimum absolute atomic E-state index is 0.853. The molecule has 0 bridgehead atoms. The highest BCUT2D eigenvalue weighted by Crippen LogP contribution is 2.31. The van der Waals surface area contributed by atoms with Gasteiger partial charge in [0, 0.05) is 25.7 Å². The zero-order valence-corrected chi connectivity index (χ0v) is 10.6. The average Bonchev–Trinajstić information content (AvgIpc) is 2.70. The van der Waals surface area contributed by atoms with E-state index in [0.717, 1.165) is 22.8 Å². The Morgan fingerprint density at radius 2 is 2.06 bits per heavy atom. The third-order valence-corrected chi connectivity index (χ3v) is 2.77. The fourth-order valence-electron chi connectivity index (χ4n) is 1.86. The van der Waals surface area contributed by atoms with E-state index >= 15 is 0 Å². The number of nitrogens with one attached hydrogen (secondary N) is 1. The molecule has 2 rings (SSSR count). The number of methoxy groups -OCH3 is 1. The van der Waals surface area contributed by atoms with Gasteiger partial charge in [-0.15, -0.1) is 0 Å². The highest BCUT2D eigenvalue weighted by molar-refractivity contribution is 5.70. The van der Waals surface area contributed by atoms with Gasteiger partial charge >= 0.3 is 0 Å². The van der Waals surface area contributed by atoms with E-state index in [1.807, 2.05) is 37.0 Å². The topological polar surface area (TPSA) is 39.1 Å². The summed E-state index contributed by atoms with van der Waals surface area (Å²) < 4.78 is 7.24. The molecule has 1 aromatic carbocycles. The van der Waals surface area contributed by atoms with E-state index in [0.29, 0.717) is 0 Å². The SMILES string of the molecule is CNc1cc(-c2cc(C)ccc2OC)n(C)n1. The quantitative estimate of drug-likeness (QED) is 0.881. The fraction of sp³-hybridized carbons (Fsp3) is 0.308. The van der Waals surface area contributed by atoms with Crippen LogP contribution in [0, 0.1) is 6.92 Å². The van der Waals surface area contributed by atoms with Gasteiger partial charge in [-0.1, -0.05) is 11.6 Å². The molecule has 0 saturated carbocycles. The van der Waals surface area contributed by atoms with Crippen molar-refractivity contribution < 1.29 is 4.74 Å². The highest BCUT2D eigenvalue weighted by Gasteiger charge is 2.11. The maximum Gasteiger partial charge on any atom is 0.148 e. The predicted octanol–water partition coefficient (Wildman–Crippen LogP) is 2.45. The Hall–Kier alpha value is -1.97. The van der Waals surface area contributed by atoms with Crippen molar-refractivity contribution in [1.29, 1.82) is 0 Å². The third-order valence-electron chi connectivity index (χ3n) is 2.77. The minimum atomic E-state index is 0.853. The van der Waals surface area contributed by atoms with Crippen molar-refractivity contribution in [2.24, 2.45) is 7.05 Å². The molecule has 0 atom stereocenters. The number of hydrogen-bond donors (Lipinski definition) is 1. The van der Waals surface area contributed by atoms with Crippen LogP contribution in [0.4, 0.5) is 5.82 Å².